The monoisotopic (exact) mass is 332 g/mol. The van der Waals surface area contributed by atoms with Gasteiger partial charge < -0.3 is 5.32 Å². The maximum atomic E-state index is 12.3. The van der Waals surface area contributed by atoms with Crippen molar-refractivity contribution in [3.8, 4) is 0 Å². The molecule has 3 amide bonds. The quantitative estimate of drug-likeness (QED) is 0.861. The number of amides is 3. The summed E-state index contributed by atoms with van der Waals surface area (Å²) in [6, 6.07) is 9.38. The molecule has 1 N–H and O–H groups in total. The van der Waals surface area contributed by atoms with Crippen LogP contribution in [0, 0.1) is 5.41 Å². The highest BCUT2D eigenvalue weighted by atomic mass is 32.2. The van der Waals surface area contributed by atoms with Gasteiger partial charge in [-0.3, -0.25) is 19.3 Å². The van der Waals surface area contributed by atoms with Crippen molar-refractivity contribution in [1.29, 1.82) is 0 Å². The molecule has 0 atom stereocenters. The highest BCUT2D eigenvalue weighted by Crippen LogP contribution is 2.31. The first kappa shape index (κ1) is 17.3. The number of benzene rings is 1. The highest BCUT2D eigenvalue weighted by Gasteiger charge is 2.34. The van der Waals surface area contributed by atoms with Gasteiger partial charge >= 0.3 is 0 Å². The Bertz CT molecular complexity index is 648. The summed E-state index contributed by atoms with van der Waals surface area (Å²) < 4.78 is 0. The minimum absolute atomic E-state index is 0.107. The van der Waals surface area contributed by atoms with Gasteiger partial charge in [0.25, 0.3) is 11.1 Å². The van der Waals surface area contributed by atoms with E-state index in [0.717, 1.165) is 17.3 Å². The fourth-order valence-corrected chi connectivity index (χ4v) is 2.80. The van der Waals surface area contributed by atoms with Gasteiger partial charge in [-0.1, -0.05) is 51.1 Å². The summed E-state index contributed by atoms with van der Waals surface area (Å²) in [5.41, 5.74) is 0.380. The first-order valence-corrected chi connectivity index (χ1v) is 8.19. The summed E-state index contributed by atoms with van der Waals surface area (Å²) >= 11 is 0.927. The summed E-state index contributed by atoms with van der Waals surface area (Å²) in [4.78, 5) is 37.6. The molecule has 2 rings (SSSR count). The van der Waals surface area contributed by atoms with Gasteiger partial charge in [0.1, 0.15) is 0 Å². The number of carbonyl (C=O) groups is 3. The first-order chi connectivity index (χ1) is 10.8. The second-order valence-electron chi connectivity index (χ2n) is 6.25. The van der Waals surface area contributed by atoms with Gasteiger partial charge in [0.05, 0.1) is 4.91 Å². The van der Waals surface area contributed by atoms with E-state index in [1.165, 1.54) is 4.90 Å². The summed E-state index contributed by atoms with van der Waals surface area (Å²) in [7, 11) is 0. The Morgan fingerprint density at radius 1 is 1.22 bits per heavy atom. The van der Waals surface area contributed by atoms with Crippen molar-refractivity contribution in [3.05, 3.63) is 40.8 Å². The lowest BCUT2D eigenvalue weighted by atomic mass is 9.96. The maximum absolute atomic E-state index is 12.3. The zero-order valence-corrected chi connectivity index (χ0v) is 14.3. The molecule has 6 heteroatoms. The smallest absolute Gasteiger partial charge is 0.293 e. The van der Waals surface area contributed by atoms with E-state index >= 15 is 0 Å². The number of carbonyl (C=O) groups excluding carboxylic acids is 3. The number of nitrogens with one attached hydrogen (secondary N) is 1. The van der Waals surface area contributed by atoms with Crippen LogP contribution in [0.4, 0.5) is 4.79 Å². The number of rotatable bonds is 4. The van der Waals surface area contributed by atoms with Crippen LogP contribution in [-0.4, -0.2) is 35.0 Å². The van der Waals surface area contributed by atoms with E-state index in [2.05, 4.69) is 5.32 Å². The molecule has 0 aromatic heterocycles. The van der Waals surface area contributed by atoms with Gasteiger partial charge in [-0.25, -0.2) is 0 Å². The minimum atomic E-state index is -0.494. The molecule has 23 heavy (non-hydrogen) atoms. The van der Waals surface area contributed by atoms with E-state index in [1.807, 2.05) is 51.1 Å². The number of nitrogens with zero attached hydrogens (tertiary/aromatic N) is 1. The van der Waals surface area contributed by atoms with Crippen LogP contribution in [0.2, 0.25) is 0 Å². The van der Waals surface area contributed by atoms with E-state index < -0.39 is 5.41 Å². The molecule has 0 radical (unpaired) electrons. The fourth-order valence-electron chi connectivity index (χ4n) is 1.94. The Hall–Kier alpha value is -2.08. The third-order valence-electron chi connectivity index (χ3n) is 3.27. The molecule has 1 aromatic carbocycles. The van der Waals surface area contributed by atoms with Crippen LogP contribution in [0.3, 0.4) is 0 Å². The molecule has 0 saturated carbocycles. The van der Waals surface area contributed by atoms with E-state index in [-0.39, 0.29) is 30.1 Å². The zero-order chi connectivity index (χ0) is 17.0. The Balaban J connectivity index is 1.97. The van der Waals surface area contributed by atoms with Crippen LogP contribution in [0.5, 0.6) is 0 Å². The molecule has 1 fully saturated rings. The van der Waals surface area contributed by atoms with Gasteiger partial charge in [0, 0.05) is 18.5 Å². The molecule has 1 aliphatic heterocycles. The van der Waals surface area contributed by atoms with Crippen molar-refractivity contribution < 1.29 is 14.4 Å². The molecule has 1 heterocycles. The lowest BCUT2D eigenvalue weighted by molar-refractivity contribution is -0.129. The normalized spacial score (nSPS) is 17.0. The predicted octanol–water partition coefficient (Wildman–Crippen LogP) is 2.89. The highest BCUT2D eigenvalue weighted by molar-refractivity contribution is 8.18. The van der Waals surface area contributed by atoms with E-state index in [9.17, 15) is 14.4 Å². The van der Waals surface area contributed by atoms with E-state index in [4.69, 9.17) is 0 Å². The van der Waals surface area contributed by atoms with Crippen molar-refractivity contribution in [2.75, 3.05) is 13.1 Å². The first-order valence-electron chi connectivity index (χ1n) is 7.38. The molecule has 0 aliphatic carbocycles. The lowest BCUT2D eigenvalue weighted by Gasteiger charge is -2.19. The standard InChI is InChI=1S/C17H20N2O3S/c1-17(2,3)15(21)18-9-10-19-14(20)13(23-16(19)22)11-12-7-5-4-6-8-12/h4-8,11H,9-10H2,1-3H3,(H,18,21). The van der Waals surface area contributed by atoms with Crippen molar-refractivity contribution in [1.82, 2.24) is 10.2 Å². The van der Waals surface area contributed by atoms with Crippen LogP contribution in [0.25, 0.3) is 6.08 Å². The maximum Gasteiger partial charge on any atom is 0.293 e. The Morgan fingerprint density at radius 3 is 2.48 bits per heavy atom. The second-order valence-corrected chi connectivity index (χ2v) is 7.24. The Kier molecular flexibility index (Phi) is 5.26. The van der Waals surface area contributed by atoms with Crippen molar-refractivity contribution in [2.24, 2.45) is 5.41 Å². The minimum Gasteiger partial charge on any atom is -0.354 e. The molecule has 5 nitrogen and oxygen atoms in total. The number of imide groups is 1. The van der Waals surface area contributed by atoms with Gasteiger partial charge in [-0.2, -0.15) is 0 Å². The molecule has 1 aliphatic rings. The zero-order valence-electron chi connectivity index (χ0n) is 13.5. The number of hydrogen-bond donors (Lipinski definition) is 1. The van der Waals surface area contributed by atoms with Gasteiger partial charge in [0.15, 0.2) is 0 Å². The SMILES string of the molecule is CC(C)(C)C(=O)NCCN1C(=O)SC(=Cc2ccccc2)C1=O. The van der Waals surface area contributed by atoms with Gasteiger partial charge in [-0.05, 0) is 23.4 Å². The fraction of sp³-hybridized carbons (Fsp3) is 0.353. The Morgan fingerprint density at radius 2 is 1.87 bits per heavy atom. The summed E-state index contributed by atoms with van der Waals surface area (Å²) in [5, 5.41) is 2.44. The predicted molar refractivity (Wildman–Crippen MR) is 91.6 cm³/mol. The molecular weight excluding hydrogens is 312 g/mol. The third-order valence-corrected chi connectivity index (χ3v) is 4.18. The molecule has 1 aromatic rings. The molecule has 122 valence electrons. The van der Waals surface area contributed by atoms with Crippen LogP contribution >= 0.6 is 11.8 Å². The van der Waals surface area contributed by atoms with Crippen molar-refractivity contribution in [3.63, 3.8) is 0 Å². The van der Waals surface area contributed by atoms with Crippen LogP contribution in [0.1, 0.15) is 26.3 Å². The van der Waals surface area contributed by atoms with Gasteiger partial charge in [-0.15, -0.1) is 0 Å². The lowest BCUT2D eigenvalue weighted by Crippen LogP contribution is -2.41. The summed E-state index contributed by atoms with van der Waals surface area (Å²) in [6.45, 7) is 5.87. The van der Waals surface area contributed by atoms with Crippen LogP contribution < -0.4 is 5.32 Å². The number of hydrogen-bond acceptors (Lipinski definition) is 4. The summed E-state index contributed by atoms with van der Waals surface area (Å²) in [6.07, 6.45) is 1.71. The average Bonchev–Trinajstić information content (AvgIpc) is 2.74. The molecule has 0 spiro atoms. The molecule has 1 saturated heterocycles. The molecule has 0 unspecified atom stereocenters. The van der Waals surface area contributed by atoms with Crippen LogP contribution in [0.15, 0.2) is 35.2 Å². The van der Waals surface area contributed by atoms with E-state index in [1.54, 1.807) is 6.08 Å². The average molecular weight is 332 g/mol. The van der Waals surface area contributed by atoms with Crippen molar-refractivity contribution >= 4 is 34.9 Å². The molecule has 0 bridgehead atoms. The van der Waals surface area contributed by atoms with Gasteiger partial charge in [0.2, 0.25) is 5.91 Å². The molecular formula is C17H20N2O3S. The van der Waals surface area contributed by atoms with E-state index in [0.29, 0.717) is 4.91 Å². The number of thioether (sulfide) groups is 1. The second kappa shape index (κ2) is 7.00. The van der Waals surface area contributed by atoms with Crippen LogP contribution in [-0.2, 0) is 9.59 Å². The topological polar surface area (TPSA) is 66.5 Å². The largest absolute Gasteiger partial charge is 0.354 e. The Labute approximate surface area is 140 Å². The van der Waals surface area contributed by atoms with Crippen molar-refractivity contribution in [2.45, 2.75) is 20.8 Å². The third kappa shape index (κ3) is 4.45. The summed E-state index contributed by atoms with van der Waals surface area (Å²) in [5.74, 6) is -0.418.